The van der Waals surface area contributed by atoms with Gasteiger partial charge in [-0.3, -0.25) is 4.79 Å². The standard InChI is InChI=1S/C26H25FO3/c1-3-8-21-17-24(29-2)26(30-18-19-9-5-4-6-10-19)25(23(21)11-7-16-28)20-12-14-22(27)15-13-20/h4-7,9-17H,3,8,18H2,1-2H3. The Morgan fingerprint density at radius 2 is 1.77 bits per heavy atom. The van der Waals surface area contributed by atoms with Crippen molar-refractivity contribution < 1.29 is 18.7 Å². The molecule has 0 saturated heterocycles. The lowest BCUT2D eigenvalue weighted by Crippen LogP contribution is -2.03. The van der Waals surface area contributed by atoms with Crippen molar-refractivity contribution in [2.45, 2.75) is 26.4 Å². The van der Waals surface area contributed by atoms with E-state index >= 15 is 0 Å². The Hall–Kier alpha value is -3.40. The molecule has 30 heavy (non-hydrogen) atoms. The fraction of sp³-hybridized carbons (Fsp3) is 0.192. The Morgan fingerprint density at radius 1 is 1.03 bits per heavy atom. The maximum Gasteiger partial charge on any atom is 0.170 e. The second-order valence-corrected chi connectivity index (χ2v) is 6.88. The van der Waals surface area contributed by atoms with Crippen LogP contribution in [0.15, 0.2) is 66.7 Å². The van der Waals surface area contributed by atoms with E-state index < -0.39 is 0 Å². The van der Waals surface area contributed by atoms with Gasteiger partial charge in [0.05, 0.1) is 7.11 Å². The molecule has 0 amide bonds. The number of methoxy groups -OCH3 is 1. The minimum atomic E-state index is -0.313. The normalized spacial score (nSPS) is 10.9. The molecule has 0 aliphatic carbocycles. The number of aryl methyl sites for hydroxylation is 1. The van der Waals surface area contributed by atoms with Gasteiger partial charge in [0.1, 0.15) is 18.7 Å². The maximum atomic E-state index is 13.6. The van der Waals surface area contributed by atoms with Crippen molar-refractivity contribution >= 4 is 12.4 Å². The van der Waals surface area contributed by atoms with E-state index in [4.69, 9.17) is 9.47 Å². The fourth-order valence-electron chi connectivity index (χ4n) is 3.44. The summed E-state index contributed by atoms with van der Waals surface area (Å²) in [5.41, 5.74) is 4.51. The van der Waals surface area contributed by atoms with Crippen molar-refractivity contribution in [3.63, 3.8) is 0 Å². The van der Waals surface area contributed by atoms with E-state index in [9.17, 15) is 9.18 Å². The van der Waals surface area contributed by atoms with Crippen LogP contribution >= 0.6 is 0 Å². The lowest BCUT2D eigenvalue weighted by Gasteiger charge is -2.21. The highest BCUT2D eigenvalue weighted by Crippen LogP contribution is 2.44. The highest BCUT2D eigenvalue weighted by atomic mass is 19.1. The molecule has 0 radical (unpaired) electrons. The van der Waals surface area contributed by atoms with Gasteiger partial charge in [0, 0.05) is 5.56 Å². The quantitative estimate of drug-likeness (QED) is 0.313. The summed E-state index contributed by atoms with van der Waals surface area (Å²) >= 11 is 0. The van der Waals surface area contributed by atoms with Gasteiger partial charge in [-0.1, -0.05) is 61.9 Å². The van der Waals surface area contributed by atoms with E-state index in [-0.39, 0.29) is 5.82 Å². The van der Waals surface area contributed by atoms with Gasteiger partial charge in [0.25, 0.3) is 0 Å². The summed E-state index contributed by atoms with van der Waals surface area (Å²) in [6.45, 7) is 2.45. The first-order chi connectivity index (χ1) is 14.7. The topological polar surface area (TPSA) is 35.5 Å². The summed E-state index contributed by atoms with van der Waals surface area (Å²) in [7, 11) is 1.61. The van der Waals surface area contributed by atoms with E-state index in [1.165, 1.54) is 18.2 Å². The van der Waals surface area contributed by atoms with Crippen LogP contribution in [0, 0.1) is 5.82 Å². The molecule has 3 aromatic rings. The third kappa shape index (κ3) is 4.95. The van der Waals surface area contributed by atoms with Crippen LogP contribution in [0.5, 0.6) is 11.5 Å². The zero-order valence-electron chi connectivity index (χ0n) is 17.2. The molecule has 4 heteroatoms. The van der Waals surface area contributed by atoms with E-state index in [2.05, 4.69) is 6.92 Å². The number of allylic oxidation sites excluding steroid dienone is 1. The summed E-state index contributed by atoms with van der Waals surface area (Å²) in [4.78, 5) is 11.1. The smallest absolute Gasteiger partial charge is 0.170 e. The van der Waals surface area contributed by atoms with E-state index in [0.717, 1.165) is 46.9 Å². The van der Waals surface area contributed by atoms with Gasteiger partial charge >= 0.3 is 0 Å². The summed E-state index contributed by atoms with van der Waals surface area (Å²) in [6.07, 6.45) is 5.74. The summed E-state index contributed by atoms with van der Waals surface area (Å²) < 4.78 is 25.5. The van der Waals surface area contributed by atoms with Crippen molar-refractivity contribution in [3.05, 3.63) is 89.2 Å². The monoisotopic (exact) mass is 404 g/mol. The van der Waals surface area contributed by atoms with Gasteiger partial charge in [-0.05, 0) is 52.9 Å². The Kier molecular flexibility index (Phi) is 7.39. The van der Waals surface area contributed by atoms with Gasteiger partial charge in [0.2, 0.25) is 0 Å². The maximum absolute atomic E-state index is 13.6. The molecule has 0 bridgehead atoms. The van der Waals surface area contributed by atoms with Crippen LogP contribution in [0.2, 0.25) is 0 Å². The third-order valence-electron chi connectivity index (χ3n) is 4.81. The van der Waals surface area contributed by atoms with Gasteiger partial charge in [-0.15, -0.1) is 0 Å². The number of hydrogen-bond acceptors (Lipinski definition) is 3. The van der Waals surface area contributed by atoms with Crippen LogP contribution in [0.25, 0.3) is 17.2 Å². The molecule has 3 aromatic carbocycles. The number of carbonyl (C=O) groups is 1. The lowest BCUT2D eigenvalue weighted by atomic mass is 9.91. The molecule has 0 saturated carbocycles. The van der Waals surface area contributed by atoms with Gasteiger partial charge in [-0.2, -0.15) is 0 Å². The molecule has 3 nitrogen and oxygen atoms in total. The van der Waals surface area contributed by atoms with Gasteiger partial charge in [0.15, 0.2) is 11.5 Å². The number of aldehydes is 1. The predicted octanol–water partition coefficient (Wildman–Crippen LogP) is 6.24. The molecule has 0 atom stereocenters. The van der Waals surface area contributed by atoms with Crippen LogP contribution < -0.4 is 9.47 Å². The van der Waals surface area contributed by atoms with E-state index in [0.29, 0.717) is 18.1 Å². The zero-order valence-corrected chi connectivity index (χ0v) is 17.2. The second-order valence-electron chi connectivity index (χ2n) is 6.88. The molecule has 154 valence electrons. The number of ether oxygens (including phenoxy) is 2. The molecule has 0 aromatic heterocycles. The molecule has 0 aliphatic rings. The van der Waals surface area contributed by atoms with Crippen molar-refractivity contribution in [2.75, 3.05) is 7.11 Å². The van der Waals surface area contributed by atoms with Crippen LogP contribution in [-0.2, 0) is 17.8 Å². The van der Waals surface area contributed by atoms with Gasteiger partial charge in [-0.25, -0.2) is 4.39 Å². The molecular formula is C26H25FO3. The minimum absolute atomic E-state index is 0.313. The zero-order chi connectivity index (χ0) is 21.3. The van der Waals surface area contributed by atoms with Gasteiger partial charge < -0.3 is 9.47 Å². The number of halogens is 1. The predicted molar refractivity (Wildman–Crippen MR) is 118 cm³/mol. The first-order valence-corrected chi connectivity index (χ1v) is 9.96. The number of hydrogen-bond donors (Lipinski definition) is 0. The summed E-state index contributed by atoms with van der Waals surface area (Å²) in [5.74, 6) is 0.863. The number of carbonyl (C=O) groups excluding carboxylic acids is 1. The highest BCUT2D eigenvalue weighted by molar-refractivity contribution is 5.87. The first kappa shape index (κ1) is 21.3. The molecule has 0 N–H and O–H groups in total. The highest BCUT2D eigenvalue weighted by Gasteiger charge is 2.20. The number of benzene rings is 3. The molecule has 0 unspecified atom stereocenters. The van der Waals surface area contributed by atoms with Crippen LogP contribution in [0.3, 0.4) is 0 Å². The molecule has 0 fully saturated rings. The van der Waals surface area contributed by atoms with E-state index in [1.807, 2.05) is 36.4 Å². The largest absolute Gasteiger partial charge is 0.493 e. The molecule has 0 heterocycles. The van der Waals surface area contributed by atoms with E-state index in [1.54, 1.807) is 25.3 Å². The van der Waals surface area contributed by atoms with Crippen molar-refractivity contribution in [1.29, 1.82) is 0 Å². The number of rotatable bonds is 9. The lowest BCUT2D eigenvalue weighted by molar-refractivity contribution is -0.104. The average molecular weight is 404 g/mol. The molecular weight excluding hydrogens is 379 g/mol. The second kappa shape index (κ2) is 10.4. The average Bonchev–Trinajstić information content (AvgIpc) is 2.78. The SMILES string of the molecule is CCCc1cc(OC)c(OCc2ccccc2)c(-c2ccc(F)cc2)c1C=CC=O. The van der Waals surface area contributed by atoms with Crippen LogP contribution in [-0.4, -0.2) is 13.4 Å². The van der Waals surface area contributed by atoms with Crippen LogP contribution in [0.1, 0.15) is 30.0 Å². The van der Waals surface area contributed by atoms with Crippen molar-refractivity contribution in [2.24, 2.45) is 0 Å². The molecule has 3 rings (SSSR count). The van der Waals surface area contributed by atoms with Crippen molar-refractivity contribution in [3.8, 4) is 22.6 Å². The Labute approximate surface area is 176 Å². The van der Waals surface area contributed by atoms with Crippen molar-refractivity contribution in [1.82, 2.24) is 0 Å². The first-order valence-electron chi connectivity index (χ1n) is 9.96. The Bertz CT molecular complexity index is 1010. The van der Waals surface area contributed by atoms with Crippen LogP contribution in [0.4, 0.5) is 4.39 Å². The minimum Gasteiger partial charge on any atom is -0.493 e. The Morgan fingerprint density at radius 3 is 2.40 bits per heavy atom. The third-order valence-corrected chi connectivity index (χ3v) is 4.81. The molecule has 0 spiro atoms. The summed E-state index contributed by atoms with van der Waals surface area (Å²) in [6, 6.07) is 18.1. The summed E-state index contributed by atoms with van der Waals surface area (Å²) in [5, 5.41) is 0. The fourth-order valence-corrected chi connectivity index (χ4v) is 3.44. The molecule has 0 aliphatic heterocycles. The Balaban J connectivity index is 2.21.